The van der Waals surface area contributed by atoms with Gasteiger partial charge in [-0.05, 0) is 18.6 Å². The van der Waals surface area contributed by atoms with Crippen molar-refractivity contribution in [2.45, 2.75) is 32.7 Å². The van der Waals surface area contributed by atoms with E-state index >= 15 is 0 Å². The van der Waals surface area contributed by atoms with Gasteiger partial charge in [-0.25, -0.2) is 4.79 Å². The summed E-state index contributed by atoms with van der Waals surface area (Å²) in [6.45, 7) is 2.93. The van der Waals surface area contributed by atoms with Crippen molar-refractivity contribution in [2.75, 3.05) is 13.3 Å². The second-order valence-electron chi connectivity index (χ2n) is 5.36. The quantitative estimate of drug-likeness (QED) is 0.675. The van der Waals surface area contributed by atoms with E-state index in [0.717, 1.165) is 4.31 Å². The molecule has 0 aromatic heterocycles. The zero-order valence-electron chi connectivity index (χ0n) is 13.7. The molecule has 1 aliphatic rings. The van der Waals surface area contributed by atoms with Crippen LogP contribution >= 0.6 is 23.2 Å². The molecule has 1 atom stereocenters. The summed E-state index contributed by atoms with van der Waals surface area (Å²) in [5.41, 5.74) is -0.0765. The third-order valence-electron chi connectivity index (χ3n) is 3.81. The van der Waals surface area contributed by atoms with Crippen molar-refractivity contribution >= 4 is 45.3 Å². The molecule has 0 saturated carbocycles. The topological polar surface area (TPSA) is 84.0 Å². The lowest BCUT2D eigenvalue weighted by Gasteiger charge is -2.18. The Morgan fingerprint density at radius 3 is 2.36 bits per heavy atom. The Morgan fingerprint density at radius 1 is 1.24 bits per heavy atom. The van der Waals surface area contributed by atoms with Gasteiger partial charge in [-0.15, -0.1) is 0 Å². The van der Waals surface area contributed by atoms with E-state index in [1.807, 2.05) is 6.92 Å². The number of esters is 1. The van der Waals surface area contributed by atoms with Crippen LogP contribution in [0, 0.1) is 0 Å². The Morgan fingerprint density at radius 2 is 1.84 bits per heavy atom. The van der Waals surface area contributed by atoms with Gasteiger partial charge in [0.15, 0.2) is 6.73 Å². The van der Waals surface area contributed by atoms with Gasteiger partial charge in [0.25, 0.3) is 5.91 Å². The van der Waals surface area contributed by atoms with Gasteiger partial charge in [-0.3, -0.25) is 4.79 Å². The largest absolute Gasteiger partial charge is 0.439 e. The average molecular weight is 409 g/mol. The lowest BCUT2D eigenvalue weighted by atomic mass is 10.1. The first kappa shape index (κ1) is 20.0. The molecule has 10 heteroatoms. The first-order valence-electron chi connectivity index (χ1n) is 7.70. The summed E-state index contributed by atoms with van der Waals surface area (Å²) in [7, 11) is -4.02. The first-order chi connectivity index (χ1) is 11.8. The lowest BCUT2D eigenvalue weighted by Crippen LogP contribution is -2.36. The molecule has 0 bridgehead atoms. The van der Waals surface area contributed by atoms with Gasteiger partial charge < -0.3 is 4.74 Å². The number of benzene rings is 1. The summed E-state index contributed by atoms with van der Waals surface area (Å²) in [5.74, 6) is -1.51. The van der Waals surface area contributed by atoms with Gasteiger partial charge in [0.2, 0.25) is 0 Å². The Hall–Kier alpha value is -1.35. The SMILES string of the molecule is CCCC1C(=O)N(COC(=O)c2c(Cl)cccc2Cl)S(=O)(=O)N1CC. The monoisotopic (exact) mass is 408 g/mol. The second-order valence-corrected chi connectivity index (χ2v) is 7.98. The first-order valence-corrected chi connectivity index (χ1v) is 9.85. The minimum Gasteiger partial charge on any atom is -0.439 e. The van der Waals surface area contributed by atoms with Crippen molar-refractivity contribution < 1.29 is 22.7 Å². The Bertz CT molecular complexity index is 764. The molecule has 1 aromatic carbocycles. The highest BCUT2D eigenvalue weighted by Gasteiger charge is 2.49. The molecule has 0 spiro atoms. The molecule has 1 aliphatic heterocycles. The number of halogens is 2. The molecule has 1 amide bonds. The lowest BCUT2D eigenvalue weighted by molar-refractivity contribution is -0.130. The Balaban J connectivity index is 2.19. The fourth-order valence-electron chi connectivity index (χ4n) is 2.63. The van der Waals surface area contributed by atoms with E-state index in [9.17, 15) is 18.0 Å². The zero-order chi connectivity index (χ0) is 18.8. The van der Waals surface area contributed by atoms with Crippen LogP contribution in [0.2, 0.25) is 10.0 Å². The number of carbonyl (C=O) groups is 2. The van der Waals surface area contributed by atoms with E-state index in [1.54, 1.807) is 13.0 Å². The maximum absolute atomic E-state index is 12.5. The minimum absolute atomic E-state index is 0.0761. The highest BCUT2D eigenvalue weighted by atomic mass is 35.5. The third-order valence-corrected chi connectivity index (χ3v) is 6.38. The van der Waals surface area contributed by atoms with E-state index in [4.69, 9.17) is 27.9 Å². The van der Waals surface area contributed by atoms with E-state index in [-0.39, 0.29) is 22.2 Å². The fraction of sp³-hybridized carbons (Fsp3) is 0.467. The molecule has 1 fully saturated rings. The van der Waals surface area contributed by atoms with Crippen molar-refractivity contribution in [3.05, 3.63) is 33.8 Å². The van der Waals surface area contributed by atoms with Gasteiger partial charge in [0.1, 0.15) is 6.04 Å². The van der Waals surface area contributed by atoms with Crippen molar-refractivity contribution in [3.8, 4) is 0 Å². The highest BCUT2D eigenvalue weighted by molar-refractivity contribution is 7.87. The predicted octanol–water partition coefficient (Wildman–Crippen LogP) is 2.69. The number of nitrogens with zero attached hydrogens (tertiary/aromatic N) is 2. The van der Waals surface area contributed by atoms with Gasteiger partial charge in [0.05, 0.1) is 15.6 Å². The van der Waals surface area contributed by atoms with Crippen LogP contribution in [0.1, 0.15) is 37.0 Å². The smallest absolute Gasteiger partial charge is 0.342 e. The maximum Gasteiger partial charge on any atom is 0.342 e. The molecule has 1 aromatic rings. The molecule has 0 aliphatic carbocycles. The van der Waals surface area contributed by atoms with Crippen molar-refractivity contribution in [2.24, 2.45) is 0 Å². The van der Waals surface area contributed by atoms with Crippen LogP contribution in [0.3, 0.4) is 0 Å². The van der Waals surface area contributed by atoms with Gasteiger partial charge in [-0.2, -0.15) is 17.0 Å². The summed E-state index contributed by atoms with van der Waals surface area (Å²) in [4.78, 5) is 24.6. The molecule has 1 unspecified atom stereocenters. The van der Waals surface area contributed by atoms with E-state index in [0.29, 0.717) is 17.1 Å². The summed E-state index contributed by atoms with van der Waals surface area (Å²) in [6, 6.07) is 3.70. The summed E-state index contributed by atoms with van der Waals surface area (Å²) in [6.07, 6.45) is 1.04. The van der Waals surface area contributed by atoms with Crippen molar-refractivity contribution in [1.29, 1.82) is 0 Å². The summed E-state index contributed by atoms with van der Waals surface area (Å²) >= 11 is 11.8. The number of amides is 1. The molecule has 7 nitrogen and oxygen atoms in total. The number of hydrogen-bond acceptors (Lipinski definition) is 5. The Kier molecular flexibility index (Phi) is 6.31. The third kappa shape index (κ3) is 3.76. The van der Waals surface area contributed by atoms with E-state index in [2.05, 4.69) is 0 Å². The van der Waals surface area contributed by atoms with Gasteiger partial charge in [-0.1, -0.05) is 49.5 Å². The summed E-state index contributed by atoms with van der Waals surface area (Å²) in [5, 5.41) is 0.152. The molecule has 25 heavy (non-hydrogen) atoms. The van der Waals surface area contributed by atoms with Crippen LogP contribution in [-0.2, 0) is 19.7 Å². The van der Waals surface area contributed by atoms with Crippen LogP contribution in [0.4, 0.5) is 0 Å². The van der Waals surface area contributed by atoms with Crippen LogP contribution in [0.15, 0.2) is 18.2 Å². The minimum atomic E-state index is -4.02. The highest BCUT2D eigenvalue weighted by Crippen LogP contribution is 2.28. The molecule has 0 radical (unpaired) electrons. The second kappa shape index (κ2) is 7.90. The average Bonchev–Trinajstić information content (AvgIpc) is 2.71. The molecule has 0 N–H and O–H groups in total. The zero-order valence-corrected chi connectivity index (χ0v) is 16.1. The predicted molar refractivity (Wildman–Crippen MR) is 93.6 cm³/mol. The van der Waals surface area contributed by atoms with Crippen LogP contribution in [0.5, 0.6) is 0 Å². The van der Waals surface area contributed by atoms with Gasteiger partial charge in [0, 0.05) is 6.54 Å². The molecule has 1 saturated heterocycles. The fourth-order valence-corrected chi connectivity index (χ4v) is 4.81. The normalized spacial score (nSPS) is 20.1. The van der Waals surface area contributed by atoms with Crippen molar-refractivity contribution in [3.63, 3.8) is 0 Å². The number of carbonyl (C=O) groups excluding carboxylic acids is 2. The standard InChI is InChI=1S/C15H18Cl2N2O5S/c1-3-6-12-14(20)19(25(22,23)18(12)4-2)9-24-15(21)13-10(16)7-5-8-11(13)17/h5,7-8,12H,3-4,6,9H2,1-2H3. The Labute approximate surface area is 156 Å². The van der Waals surface area contributed by atoms with Crippen LogP contribution < -0.4 is 0 Å². The van der Waals surface area contributed by atoms with E-state index < -0.39 is 34.9 Å². The molecular weight excluding hydrogens is 391 g/mol. The molecule has 1 heterocycles. The number of rotatable bonds is 6. The summed E-state index contributed by atoms with van der Waals surface area (Å²) < 4.78 is 31.6. The number of ether oxygens (including phenoxy) is 1. The number of likely N-dealkylation sites (N-methyl/N-ethyl adjacent to an activating group) is 1. The van der Waals surface area contributed by atoms with Gasteiger partial charge >= 0.3 is 16.2 Å². The number of hydrogen-bond donors (Lipinski definition) is 0. The molecule has 138 valence electrons. The van der Waals surface area contributed by atoms with E-state index in [1.165, 1.54) is 12.1 Å². The van der Waals surface area contributed by atoms with Crippen LogP contribution in [-0.4, -0.2) is 48.2 Å². The molecular formula is C15H18Cl2N2O5S. The maximum atomic E-state index is 12.5. The van der Waals surface area contributed by atoms with Crippen molar-refractivity contribution in [1.82, 2.24) is 8.61 Å². The molecule has 2 rings (SSSR count). The van der Waals surface area contributed by atoms with Crippen LogP contribution in [0.25, 0.3) is 0 Å².